The maximum atomic E-state index is 11.9. The Morgan fingerprint density at radius 2 is 2.09 bits per heavy atom. The molecule has 10 nitrogen and oxygen atoms in total. The number of nitrogens with two attached hydrogens (primary N) is 1. The van der Waals surface area contributed by atoms with Crippen molar-refractivity contribution in [3.63, 3.8) is 0 Å². The molecular formula is C22H27N7O3. The number of allylic oxidation sites excluding steroid dienone is 1. The summed E-state index contributed by atoms with van der Waals surface area (Å²) in [5.74, 6) is 0.967. The van der Waals surface area contributed by atoms with Crippen LogP contribution in [-0.4, -0.2) is 53.9 Å². The average molecular weight is 438 g/mol. The molecule has 10 heteroatoms. The molecule has 0 aliphatic rings. The van der Waals surface area contributed by atoms with Crippen LogP contribution in [0, 0.1) is 0 Å². The molecule has 5 N–H and O–H groups in total. The van der Waals surface area contributed by atoms with Crippen molar-refractivity contribution in [2.45, 2.75) is 20.0 Å². The summed E-state index contributed by atoms with van der Waals surface area (Å²) < 4.78 is 11.4. The molecule has 0 saturated carbocycles. The number of aromatic nitrogens is 3. The van der Waals surface area contributed by atoms with E-state index < -0.39 is 0 Å². The molecule has 1 amide bonds. The number of hydrogen-bond acceptors (Lipinski definition) is 8. The zero-order valence-electron chi connectivity index (χ0n) is 18.7. The maximum absolute atomic E-state index is 11.9. The highest BCUT2D eigenvalue weighted by Gasteiger charge is 2.19. The molecule has 0 saturated heterocycles. The minimum atomic E-state index is -0.209. The smallest absolute Gasteiger partial charge is 0.251 e. The number of methoxy groups -OCH3 is 1. The van der Waals surface area contributed by atoms with Gasteiger partial charge in [-0.3, -0.25) is 9.79 Å². The summed E-state index contributed by atoms with van der Waals surface area (Å²) in [6.45, 7) is 3.84. The van der Waals surface area contributed by atoms with Gasteiger partial charge in [0, 0.05) is 31.4 Å². The van der Waals surface area contributed by atoms with Gasteiger partial charge in [-0.2, -0.15) is 9.97 Å². The molecule has 0 aliphatic carbocycles. The van der Waals surface area contributed by atoms with Crippen molar-refractivity contribution in [3.05, 3.63) is 47.8 Å². The number of anilines is 2. The Balaban J connectivity index is 2.08. The summed E-state index contributed by atoms with van der Waals surface area (Å²) in [5, 5.41) is 6.44. The van der Waals surface area contributed by atoms with Gasteiger partial charge in [0.15, 0.2) is 0 Å². The van der Waals surface area contributed by atoms with Crippen molar-refractivity contribution in [2.24, 2.45) is 10.7 Å². The lowest BCUT2D eigenvalue weighted by Crippen LogP contribution is -2.17. The zero-order chi connectivity index (χ0) is 23.3. The first-order valence-corrected chi connectivity index (χ1v) is 10.00. The minimum Gasteiger partial charge on any atom is -0.495 e. The minimum absolute atomic E-state index is 0.114. The molecule has 3 rings (SSSR count). The van der Waals surface area contributed by atoms with Gasteiger partial charge in [0.2, 0.25) is 11.8 Å². The van der Waals surface area contributed by atoms with Crippen LogP contribution in [0.1, 0.15) is 29.8 Å². The quantitative estimate of drug-likeness (QED) is 0.397. The lowest BCUT2D eigenvalue weighted by Gasteiger charge is -2.14. The van der Waals surface area contributed by atoms with Crippen molar-refractivity contribution in [1.29, 1.82) is 0 Å². The first kappa shape index (κ1) is 22.6. The first-order valence-electron chi connectivity index (χ1n) is 10.00. The third kappa shape index (κ3) is 4.64. The fraction of sp³-hybridized carbons (Fsp3) is 0.273. The van der Waals surface area contributed by atoms with Crippen LogP contribution in [0.5, 0.6) is 11.6 Å². The van der Waals surface area contributed by atoms with E-state index in [0.29, 0.717) is 45.6 Å². The second kappa shape index (κ2) is 9.82. The van der Waals surface area contributed by atoms with Gasteiger partial charge >= 0.3 is 0 Å². The molecule has 168 valence electrons. The standard InChI is InChI=1S/C22H27N7O3/c1-12(2)32-21-18-14(15(24-3)8-9-23)11-26-19(18)28-22(29-21)27-16-7-6-13(20(30)25-4)10-17(16)31-5/h6-12H,23H2,1-5H3,(H,25,30)(H2,26,27,28,29). The van der Waals surface area contributed by atoms with Gasteiger partial charge in [-0.05, 0) is 44.3 Å². The van der Waals surface area contributed by atoms with Gasteiger partial charge in [-0.15, -0.1) is 0 Å². The molecule has 0 unspecified atom stereocenters. The summed E-state index contributed by atoms with van der Waals surface area (Å²) in [5.41, 5.74) is 8.66. The van der Waals surface area contributed by atoms with Gasteiger partial charge in [0.05, 0.1) is 30.0 Å². The second-order valence-electron chi connectivity index (χ2n) is 7.03. The molecule has 1 aromatic carbocycles. The number of benzene rings is 1. The summed E-state index contributed by atoms with van der Waals surface area (Å²) in [6.07, 6.45) is 4.80. The normalized spacial score (nSPS) is 11.9. The average Bonchev–Trinajstić information content (AvgIpc) is 3.20. The number of fused-ring (bicyclic) bond motifs is 1. The van der Waals surface area contributed by atoms with Crippen LogP contribution >= 0.6 is 0 Å². The second-order valence-corrected chi connectivity index (χ2v) is 7.03. The van der Waals surface area contributed by atoms with E-state index in [0.717, 1.165) is 5.56 Å². The summed E-state index contributed by atoms with van der Waals surface area (Å²) in [7, 11) is 4.78. The van der Waals surface area contributed by atoms with Crippen molar-refractivity contribution in [2.75, 3.05) is 26.5 Å². The van der Waals surface area contributed by atoms with E-state index >= 15 is 0 Å². The summed E-state index contributed by atoms with van der Waals surface area (Å²) in [6, 6.07) is 5.05. The summed E-state index contributed by atoms with van der Waals surface area (Å²) >= 11 is 0. The van der Waals surface area contributed by atoms with Crippen LogP contribution in [0.15, 0.2) is 41.7 Å². The largest absolute Gasteiger partial charge is 0.495 e. The Bertz CT molecular complexity index is 1180. The van der Waals surface area contributed by atoms with E-state index in [4.69, 9.17) is 15.2 Å². The monoisotopic (exact) mass is 437 g/mol. The Morgan fingerprint density at radius 1 is 1.31 bits per heavy atom. The van der Waals surface area contributed by atoms with Crippen molar-refractivity contribution < 1.29 is 14.3 Å². The Kier molecular flexibility index (Phi) is 6.93. The number of carbonyl (C=O) groups excluding carboxylic acids is 1. The number of hydrogen-bond donors (Lipinski definition) is 4. The number of amides is 1. The van der Waals surface area contributed by atoms with Crippen LogP contribution < -0.4 is 25.8 Å². The Morgan fingerprint density at radius 3 is 2.72 bits per heavy atom. The van der Waals surface area contributed by atoms with Crippen LogP contribution in [0.4, 0.5) is 11.6 Å². The van der Waals surface area contributed by atoms with E-state index in [1.165, 1.54) is 13.3 Å². The first-order chi connectivity index (χ1) is 15.4. The molecular weight excluding hydrogens is 410 g/mol. The van der Waals surface area contributed by atoms with Crippen molar-refractivity contribution in [3.8, 4) is 11.6 Å². The molecule has 0 fully saturated rings. The number of H-pyrrole nitrogens is 1. The number of nitrogens with one attached hydrogen (secondary N) is 3. The van der Waals surface area contributed by atoms with Crippen molar-refractivity contribution in [1.82, 2.24) is 20.3 Å². The van der Waals surface area contributed by atoms with Gasteiger partial charge in [0.25, 0.3) is 5.91 Å². The zero-order valence-corrected chi connectivity index (χ0v) is 18.7. The molecule has 32 heavy (non-hydrogen) atoms. The topological polar surface area (TPSA) is 140 Å². The third-order valence-electron chi connectivity index (χ3n) is 4.55. The molecule has 2 heterocycles. The van der Waals surface area contributed by atoms with Gasteiger partial charge in [-0.1, -0.05) is 0 Å². The summed E-state index contributed by atoms with van der Waals surface area (Å²) in [4.78, 5) is 28.5. The number of aromatic amines is 1. The predicted molar refractivity (Wildman–Crippen MR) is 125 cm³/mol. The predicted octanol–water partition coefficient (Wildman–Crippen LogP) is 2.75. The van der Waals surface area contributed by atoms with Crippen LogP contribution in [0.3, 0.4) is 0 Å². The number of ether oxygens (including phenoxy) is 2. The van der Waals surface area contributed by atoms with Gasteiger partial charge < -0.3 is 30.8 Å². The highest BCUT2D eigenvalue weighted by molar-refractivity contribution is 6.17. The number of carbonyl (C=O) groups is 1. The van der Waals surface area contributed by atoms with Crippen LogP contribution in [-0.2, 0) is 0 Å². The highest BCUT2D eigenvalue weighted by atomic mass is 16.5. The fourth-order valence-corrected chi connectivity index (χ4v) is 3.14. The third-order valence-corrected chi connectivity index (χ3v) is 4.55. The number of rotatable bonds is 8. The molecule has 0 radical (unpaired) electrons. The Hall–Kier alpha value is -4.08. The van der Waals surface area contributed by atoms with E-state index in [9.17, 15) is 4.79 Å². The van der Waals surface area contributed by atoms with Crippen molar-refractivity contribution >= 4 is 34.3 Å². The molecule has 0 bridgehead atoms. The fourth-order valence-electron chi connectivity index (χ4n) is 3.14. The molecule has 3 aromatic rings. The van der Waals surface area contributed by atoms with Gasteiger partial charge in [0.1, 0.15) is 11.4 Å². The molecule has 0 spiro atoms. The molecule has 2 aromatic heterocycles. The van der Waals surface area contributed by atoms with E-state index in [1.807, 2.05) is 13.8 Å². The van der Waals surface area contributed by atoms with Crippen LogP contribution in [0.25, 0.3) is 11.0 Å². The molecule has 0 aliphatic heterocycles. The van der Waals surface area contributed by atoms with Gasteiger partial charge in [-0.25, -0.2) is 0 Å². The van der Waals surface area contributed by atoms with E-state index in [2.05, 4.69) is 30.6 Å². The van der Waals surface area contributed by atoms with Crippen LogP contribution in [0.2, 0.25) is 0 Å². The Labute approximate surface area is 186 Å². The highest BCUT2D eigenvalue weighted by Crippen LogP contribution is 2.32. The lowest BCUT2D eigenvalue weighted by molar-refractivity contribution is 0.0962. The van der Waals surface area contributed by atoms with E-state index in [1.54, 1.807) is 44.6 Å². The number of nitrogens with zero attached hydrogens (tertiary/aromatic N) is 3. The molecule has 0 atom stereocenters. The number of aliphatic imine (C=N–C) groups is 1. The van der Waals surface area contributed by atoms with E-state index in [-0.39, 0.29) is 12.0 Å². The maximum Gasteiger partial charge on any atom is 0.251 e. The lowest BCUT2D eigenvalue weighted by atomic mass is 10.1. The SMILES string of the molecule is CN=C(C=CN)c1c[nH]c2nc(Nc3ccc(C(=O)NC)cc3OC)nc(OC(C)C)c12.